The molecule has 7 nitrogen and oxygen atoms in total. The molecule has 0 bridgehead atoms. The standard InChI is InChI=1S/C19H22N6OS/c1-14-4-2-5-15(8-14)11-24-12-16(25-13-21-22-23-25)9-18(24)19(26)20-10-17-6-3-7-27-17/h2-8,13,16,18H,9-12H2,1H3,(H,20,26)/t16-,18-/m0/s1. The number of aromatic nitrogens is 4. The summed E-state index contributed by atoms with van der Waals surface area (Å²) in [5.74, 6) is 0.0617. The zero-order chi connectivity index (χ0) is 18.6. The lowest BCUT2D eigenvalue weighted by Gasteiger charge is -2.23. The molecule has 0 saturated carbocycles. The number of hydrogen-bond donors (Lipinski definition) is 1. The van der Waals surface area contributed by atoms with E-state index in [9.17, 15) is 4.79 Å². The van der Waals surface area contributed by atoms with Crippen molar-refractivity contribution in [3.63, 3.8) is 0 Å². The van der Waals surface area contributed by atoms with Crippen molar-refractivity contribution >= 4 is 17.2 Å². The second-order valence-corrected chi connectivity index (χ2v) is 7.94. The predicted molar refractivity (Wildman–Crippen MR) is 103 cm³/mol. The van der Waals surface area contributed by atoms with Crippen molar-refractivity contribution in [1.82, 2.24) is 30.4 Å². The molecular formula is C19H22N6OS. The molecule has 140 valence electrons. The summed E-state index contributed by atoms with van der Waals surface area (Å²) in [6, 6.07) is 12.4. The molecule has 3 aromatic rings. The molecule has 2 aromatic heterocycles. The largest absolute Gasteiger partial charge is 0.350 e. The van der Waals surface area contributed by atoms with Gasteiger partial charge < -0.3 is 5.32 Å². The SMILES string of the molecule is Cc1cccc(CN2C[C@@H](n3cnnn3)C[C@H]2C(=O)NCc2cccs2)c1. The summed E-state index contributed by atoms with van der Waals surface area (Å²) >= 11 is 1.65. The smallest absolute Gasteiger partial charge is 0.237 e. The zero-order valence-electron chi connectivity index (χ0n) is 15.2. The van der Waals surface area contributed by atoms with Crippen molar-refractivity contribution in [1.29, 1.82) is 0 Å². The maximum atomic E-state index is 12.9. The quantitative estimate of drug-likeness (QED) is 0.707. The second-order valence-electron chi connectivity index (χ2n) is 6.91. The number of hydrogen-bond acceptors (Lipinski definition) is 6. The van der Waals surface area contributed by atoms with Gasteiger partial charge in [-0.25, -0.2) is 4.68 Å². The molecule has 1 N–H and O–H groups in total. The van der Waals surface area contributed by atoms with Gasteiger partial charge in [0.2, 0.25) is 5.91 Å². The Balaban J connectivity index is 1.49. The van der Waals surface area contributed by atoms with Gasteiger partial charge in [0.15, 0.2) is 0 Å². The third-order valence-electron chi connectivity index (χ3n) is 4.91. The number of aryl methyl sites for hydroxylation is 1. The van der Waals surface area contributed by atoms with E-state index in [0.29, 0.717) is 13.0 Å². The molecule has 1 aromatic carbocycles. The van der Waals surface area contributed by atoms with E-state index in [1.807, 2.05) is 17.5 Å². The molecule has 1 saturated heterocycles. The Kier molecular flexibility index (Phi) is 5.26. The lowest BCUT2D eigenvalue weighted by atomic mass is 10.1. The minimum Gasteiger partial charge on any atom is -0.350 e. The van der Waals surface area contributed by atoms with Gasteiger partial charge >= 0.3 is 0 Å². The highest BCUT2D eigenvalue weighted by Gasteiger charge is 2.38. The molecule has 8 heteroatoms. The first-order valence-electron chi connectivity index (χ1n) is 9.01. The van der Waals surface area contributed by atoms with E-state index in [4.69, 9.17) is 0 Å². The van der Waals surface area contributed by atoms with Gasteiger partial charge in [0, 0.05) is 18.0 Å². The average Bonchev–Trinajstić information content (AvgIpc) is 3.41. The fourth-order valence-corrected chi connectivity index (χ4v) is 4.25. The minimum absolute atomic E-state index is 0.0617. The van der Waals surface area contributed by atoms with Crippen LogP contribution in [0.25, 0.3) is 0 Å². The summed E-state index contributed by atoms with van der Waals surface area (Å²) in [5.41, 5.74) is 2.44. The topological polar surface area (TPSA) is 75.9 Å². The van der Waals surface area contributed by atoms with Gasteiger partial charge in [-0.3, -0.25) is 9.69 Å². The van der Waals surface area contributed by atoms with E-state index in [0.717, 1.165) is 18.0 Å². The lowest BCUT2D eigenvalue weighted by Crippen LogP contribution is -2.42. The number of rotatable bonds is 6. The molecular weight excluding hydrogens is 360 g/mol. The summed E-state index contributed by atoms with van der Waals surface area (Å²) in [4.78, 5) is 16.3. The molecule has 0 unspecified atom stereocenters. The van der Waals surface area contributed by atoms with E-state index in [1.165, 1.54) is 11.1 Å². The maximum absolute atomic E-state index is 12.9. The van der Waals surface area contributed by atoms with Gasteiger partial charge in [-0.2, -0.15) is 0 Å². The molecule has 1 amide bonds. The van der Waals surface area contributed by atoms with Crippen LogP contribution < -0.4 is 5.32 Å². The number of amides is 1. The van der Waals surface area contributed by atoms with Gasteiger partial charge in [0.1, 0.15) is 6.33 Å². The van der Waals surface area contributed by atoms with Crippen LogP contribution in [0.2, 0.25) is 0 Å². The fraction of sp³-hybridized carbons (Fsp3) is 0.368. The van der Waals surface area contributed by atoms with Gasteiger partial charge in [-0.15, -0.1) is 16.4 Å². The number of benzene rings is 1. The third kappa shape index (κ3) is 4.23. The molecule has 0 radical (unpaired) electrons. The van der Waals surface area contributed by atoms with Gasteiger partial charge in [-0.1, -0.05) is 35.9 Å². The van der Waals surface area contributed by atoms with Crippen molar-refractivity contribution in [2.45, 2.75) is 38.5 Å². The van der Waals surface area contributed by atoms with Crippen LogP contribution in [0.5, 0.6) is 0 Å². The highest BCUT2D eigenvalue weighted by Crippen LogP contribution is 2.28. The lowest BCUT2D eigenvalue weighted by molar-refractivity contribution is -0.125. The minimum atomic E-state index is -0.195. The van der Waals surface area contributed by atoms with Crippen molar-refractivity contribution in [2.24, 2.45) is 0 Å². The Morgan fingerprint density at radius 1 is 1.33 bits per heavy atom. The number of thiophene rings is 1. The Morgan fingerprint density at radius 3 is 3.00 bits per heavy atom. The van der Waals surface area contributed by atoms with Crippen LogP contribution in [0.15, 0.2) is 48.1 Å². The number of carbonyl (C=O) groups excluding carboxylic acids is 1. The third-order valence-corrected chi connectivity index (χ3v) is 5.78. The van der Waals surface area contributed by atoms with E-state index in [-0.39, 0.29) is 18.0 Å². The van der Waals surface area contributed by atoms with E-state index in [2.05, 4.69) is 56.9 Å². The molecule has 0 spiro atoms. The fourth-order valence-electron chi connectivity index (χ4n) is 3.60. The van der Waals surface area contributed by atoms with E-state index >= 15 is 0 Å². The highest BCUT2D eigenvalue weighted by atomic mass is 32.1. The monoisotopic (exact) mass is 382 g/mol. The molecule has 1 aliphatic rings. The van der Waals surface area contributed by atoms with E-state index in [1.54, 1.807) is 22.3 Å². The predicted octanol–water partition coefficient (Wildman–Crippen LogP) is 2.18. The summed E-state index contributed by atoms with van der Waals surface area (Å²) in [7, 11) is 0. The van der Waals surface area contributed by atoms with Crippen LogP contribution in [0.4, 0.5) is 0 Å². The highest BCUT2D eigenvalue weighted by molar-refractivity contribution is 7.09. The van der Waals surface area contributed by atoms with Crippen LogP contribution >= 0.6 is 11.3 Å². The number of likely N-dealkylation sites (tertiary alicyclic amines) is 1. The van der Waals surface area contributed by atoms with Gasteiger partial charge in [0.05, 0.1) is 18.6 Å². The van der Waals surface area contributed by atoms with Crippen LogP contribution in [0, 0.1) is 6.92 Å². The Labute approximate surface area is 162 Å². The average molecular weight is 382 g/mol. The van der Waals surface area contributed by atoms with Gasteiger partial charge in [0.25, 0.3) is 0 Å². The molecule has 3 heterocycles. The number of nitrogens with one attached hydrogen (secondary N) is 1. The first-order valence-corrected chi connectivity index (χ1v) is 9.89. The molecule has 4 rings (SSSR count). The zero-order valence-corrected chi connectivity index (χ0v) is 16.0. The Bertz CT molecular complexity index is 880. The Hall–Kier alpha value is -2.58. The van der Waals surface area contributed by atoms with Crippen molar-refractivity contribution in [2.75, 3.05) is 6.54 Å². The summed E-state index contributed by atoms with van der Waals surface area (Å²) < 4.78 is 1.76. The summed E-state index contributed by atoms with van der Waals surface area (Å²) in [5, 5.41) is 16.6. The number of nitrogens with zero attached hydrogens (tertiary/aromatic N) is 5. The molecule has 0 aliphatic carbocycles. The Morgan fingerprint density at radius 2 is 2.26 bits per heavy atom. The second kappa shape index (κ2) is 7.98. The van der Waals surface area contributed by atoms with Crippen LogP contribution in [-0.2, 0) is 17.9 Å². The van der Waals surface area contributed by atoms with Crippen molar-refractivity contribution in [3.8, 4) is 0 Å². The van der Waals surface area contributed by atoms with Gasteiger partial charge in [-0.05, 0) is 40.8 Å². The molecule has 2 atom stereocenters. The number of tetrazole rings is 1. The number of carbonyl (C=O) groups is 1. The molecule has 27 heavy (non-hydrogen) atoms. The van der Waals surface area contributed by atoms with Crippen LogP contribution in [-0.4, -0.2) is 43.6 Å². The van der Waals surface area contributed by atoms with Crippen LogP contribution in [0.1, 0.15) is 28.5 Å². The van der Waals surface area contributed by atoms with E-state index < -0.39 is 0 Å². The van der Waals surface area contributed by atoms with Crippen LogP contribution in [0.3, 0.4) is 0 Å². The maximum Gasteiger partial charge on any atom is 0.237 e. The normalized spacial score (nSPS) is 20.0. The van der Waals surface area contributed by atoms with Crippen molar-refractivity contribution in [3.05, 3.63) is 64.1 Å². The summed E-state index contributed by atoms with van der Waals surface area (Å²) in [6.07, 6.45) is 2.33. The molecule has 1 fully saturated rings. The summed E-state index contributed by atoms with van der Waals surface area (Å²) in [6.45, 7) is 4.14. The van der Waals surface area contributed by atoms with Crippen molar-refractivity contribution < 1.29 is 4.79 Å². The first kappa shape index (κ1) is 17.8. The molecule has 1 aliphatic heterocycles. The first-order chi connectivity index (χ1) is 13.2.